The lowest BCUT2D eigenvalue weighted by Gasteiger charge is -2.32. The third kappa shape index (κ3) is 4.51. The van der Waals surface area contributed by atoms with E-state index in [4.69, 9.17) is 0 Å². The van der Waals surface area contributed by atoms with Crippen molar-refractivity contribution in [2.24, 2.45) is 0 Å². The van der Waals surface area contributed by atoms with Crippen LogP contribution in [0.2, 0.25) is 0 Å². The number of benzene rings is 6. The van der Waals surface area contributed by atoms with E-state index in [1.54, 1.807) is 0 Å². The normalized spacial score (nSPS) is 13.1. The lowest BCUT2D eigenvalue weighted by molar-refractivity contribution is 0.804. The van der Waals surface area contributed by atoms with Gasteiger partial charge in [0, 0.05) is 36.5 Å². The minimum absolute atomic E-state index is 0.830. The Hall–Kier alpha value is -5.24. The van der Waals surface area contributed by atoms with Gasteiger partial charge in [0.05, 0.1) is 34.6 Å². The van der Waals surface area contributed by atoms with Gasteiger partial charge in [0.15, 0.2) is 0 Å². The molecule has 7 aromatic rings. The van der Waals surface area contributed by atoms with E-state index in [0.717, 1.165) is 28.3 Å². The highest BCUT2D eigenvalue weighted by Crippen LogP contribution is 2.52. The van der Waals surface area contributed by atoms with E-state index in [-0.39, 0.29) is 0 Å². The van der Waals surface area contributed by atoms with Crippen molar-refractivity contribution in [3.05, 3.63) is 152 Å². The molecule has 0 radical (unpaired) electrons. The summed E-state index contributed by atoms with van der Waals surface area (Å²) in [4.78, 5) is 9.67. The summed E-state index contributed by atoms with van der Waals surface area (Å²) in [6.07, 6.45) is 1.99. The average Bonchev–Trinajstić information content (AvgIpc) is 3.60. The van der Waals surface area contributed by atoms with Crippen LogP contribution in [0, 0.1) is 0 Å². The number of rotatable bonds is 4. The summed E-state index contributed by atoms with van der Waals surface area (Å²) in [5.41, 5.74) is 9.80. The highest BCUT2D eigenvalue weighted by atomic mass is 32.2. The highest BCUT2D eigenvalue weighted by molar-refractivity contribution is 8.00. The molecule has 5 nitrogen and oxygen atoms in total. The van der Waals surface area contributed by atoms with Crippen molar-refractivity contribution < 1.29 is 0 Å². The van der Waals surface area contributed by atoms with Crippen LogP contribution in [0.3, 0.4) is 0 Å². The molecule has 0 saturated carbocycles. The van der Waals surface area contributed by atoms with Crippen LogP contribution in [0.4, 0.5) is 34.1 Å². The Morgan fingerprint density at radius 1 is 0.400 bits per heavy atom. The van der Waals surface area contributed by atoms with E-state index in [9.17, 15) is 0 Å². The van der Waals surface area contributed by atoms with Gasteiger partial charge in [0.2, 0.25) is 0 Å². The molecular formula is C38H25N5S2. The minimum atomic E-state index is 0.830. The monoisotopic (exact) mass is 615 g/mol. The second-order valence-electron chi connectivity index (χ2n) is 10.9. The van der Waals surface area contributed by atoms with Gasteiger partial charge in [-0.05, 0) is 84.9 Å². The van der Waals surface area contributed by atoms with Crippen LogP contribution in [0.15, 0.2) is 171 Å². The maximum absolute atomic E-state index is 4.53. The number of nitrogens with zero attached hydrogens (tertiary/aromatic N) is 5. The molecule has 9 rings (SSSR count). The first-order valence-corrected chi connectivity index (χ1v) is 16.4. The van der Waals surface area contributed by atoms with Crippen LogP contribution in [-0.4, -0.2) is 15.0 Å². The molecule has 7 heteroatoms. The van der Waals surface area contributed by atoms with Gasteiger partial charge in [-0.15, -0.1) is 5.10 Å². The summed E-state index contributed by atoms with van der Waals surface area (Å²) in [6.45, 7) is 0. The van der Waals surface area contributed by atoms with Gasteiger partial charge < -0.3 is 9.80 Å². The first-order valence-electron chi connectivity index (χ1n) is 14.8. The maximum atomic E-state index is 4.53. The summed E-state index contributed by atoms with van der Waals surface area (Å²) in [6, 6.07) is 51.4. The molecular weight excluding hydrogens is 591 g/mol. The maximum Gasteiger partial charge on any atom is 0.113 e. The van der Waals surface area contributed by atoms with E-state index in [1.807, 2.05) is 34.4 Å². The second kappa shape index (κ2) is 10.7. The van der Waals surface area contributed by atoms with Gasteiger partial charge >= 0.3 is 0 Å². The summed E-state index contributed by atoms with van der Waals surface area (Å²) >= 11 is 3.64. The molecule has 45 heavy (non-hydrogen) atoms. The summed E-state index contributed by atoms with van der Waals surface area (Å²) in [5.74, 6) is 0. The molecule has 0 bridgehead atoms. The highest BCUT2D eigenvalue weighted by Gasteiger charge is 2.25. The van der Waals surface area contributed by atoms with Crippen molar-refractivity contribution in [3.63, 3.8) is 0 Å². The quantitative estimate of drug-likeness (QED) is 0.196. The summed E-state index contributed by atoms with van der Waals surface area (Å²) < 4.78 is 1.84. The van der Waals surface area contributed by atoms with E-state index in [1.165, 1.54) is 42.3 Å². The lowest BCUT2D eigenvalue weighted by atomic mass is 10.1. The van der Waals surface area contributed by atoms with Crippen molar-refractivity contribution >= 4 is 57.6 Å². The zero-order valence-electron chi connectivity index (χ0n) is 24.0. The predicted octanol–water partition coefficient (Wildman–Crippen LogP) is 10.8. The van der Waals surface area contributed by atoms with Crippen LogP contribution in [0.1, 0.15) is 0 Å². The van der Waals surface area contributed by atoms with Gasteiger partial charge in [0.25, 0.3) is 0 Å². The SMILES string of the molecule is c1ccc2c(c1)Sc1ccccc1N2c1ccc(-c2cn(-c3ccc(N4c5ccccc5Sc5ccccc54)cc3)nn2)cc1. The molecule has 0 spiro atoms. The van der Waals surface area contributed by atoms with Crippen molar-refractivity contribution in [1.82, 2.24) is 15.0 Å². The smallest absolute Gasteiger partial charge is 0.113 e. The van der Waals surface area contributed by atoms with E-state index >= 15 is 0 Å². The third-order valence-corrected chi connectivity index (χ3v) is 10.4. The fourth-order valence-electron chi connectivity index (χ4n) is 6.02. The van der Waals surface area contributed by atoms with Gasteiger partial charge in [0.1, 0.15) is 5.69 Å². The molecule has 214 valence electrons. The molecule has 0 amide bonds. The summed E-state index contributed by atoms with van der Waals surface area (Å²) in [5, 5.41) is 9.02. The number of hydrogen-bond acceptors (Lipinski definition) is 6. The molecule has 1 aromatic heterocycles. The van der Waals surface area contributed by atoms with Crippen molar-refractivity contribution in [3.8, 4) is 16.9 Å². The molecule has 6 aromatic carbocycles. The Morgan fingerprint density at radius 2 is 0.778 bits per heavy atom. The van der Waals surface area contributed by atoms with E-state index in [2.05, 4.69) is 166 Å². The molecule has 0 atom stereocenters. The third-order valence-electron chi connectivity index (χ3n) is 8.15. The fourth-order valence-corrected chi connectivity index (χ4v) is 8.14. The Balaban J connectivity index is 1.00. The molecule has 0 N–H and O–H groups in total. The standard InChI is InChI=1S/C38H25N5S2/c1-5-13-35-31(9-1)42(32-10-2-6-14-36(32)44-35)28-19-17-26(18-20-28)30-25-41(40-39-30)27-21-23-29(24-22-27)43-33-11-3-7-15-37(33)45-38-16-8-4-12-34(38)43/h1-25H. The van der Waals surface area contributed by atoms with Crippen LogP contribution in [-0.2, 0) is 0 Å². The van der Waals surface area contributed by atoms with E-state index < -0.39 is 0 Å². The Morgan fingerprint density at radius 3 is 1.22 bits per heavy atom. The number of anilines is 6. The zero-order chi connectivity index (χ0) is 29.7. The second-order valence-corrected chi connectivity index (χ2v) is 13.0. The first kappa shape index (κ1) is 26.2. The van der Waals surface area contributed by atoms with Gasteiger partial charge in [-0.2, -0.15) is 0 Å². The topological polar surface area (TPSA) is 37.2 Å². The lowest BCUT2D eigenvalue weighted by Crippen LogP contribution is -2.14. The minimum Gasteiger partial charge on any atom is -0.308 e. The van der Waals surface area contributed by atoms with Crippen LogP contribution in [0.5, 0.6) is 0 Å². The van der Waals surface area contributed by atoms with Crippen LogP contribution >= 0.6 is 23.5 Å². The number of hydrogen-bond donors (Lipinski definition) is 0. The van der Waals surface area contributed by atoms with Crippen molar-refractivity contribution in [2.75, 3.05) is 9.80 Å². The Labute approximate surface area is 269 Å². The number of aromatic nitrogens is 3. The van der Waals surface area contributed by atoms with Crippen molar-refractivity contribution in [2.45, 2.75) is 19.6 Å². The van der Waals surface area contributed by atoms with Gasteiger partial charge in [-0.3, -0.25) is 0 Å². The zero-order valence-corrected chi connectivity index (χ0v) is 25.6. The molecule has 0 fully saturated rings. The molecule has 0 unspecified atom stereocenters. The Bertz CT molecular complexity index is 1940. The predicted molar refractivity (Wildman–Crippen MR) is 184 cm³/mol. The largest absolute Gasteiger partial charge is 0.308 e. The summed E-state index contributed by atoms with van der Waals surface area (Å²) in [7, 11) is 0. The van der Waals surface area contributed by atoms with E-state index in [0.29, 0.717) is 0 Å². The fraction of sp³-hybridized carbons (Fsp3) is 0. The molecule has 3 heterocycles. The number of fused-ring (bicyclic) bond motifs is 4. The number of para-hydroxylation sites is 4. The first-order chi connectivity index (χ1) is 22.3. The van der Waals surface area contributed by atoms with Gasteiger partial charge in [-0.1, -0.05) is 89.4 Å². The Kier molecular flexibility index (Phi) is 6.25. The molecule has 2 aliphatic heterocycles. The molecule has 2 aliphatic rings. The van der Waals surface area contributed by atoms with Crippen LogP contribution in [0.25, 0.3) is 16.9 Å². The van der Waals surface area contributed by atoms with Gasteiger partial charge in [-0.25, -0.2) is 4.68 Å². The van der Waals surface area contributed by atoms with Crippen LogP contribution < -0.4 is 9.80 Å². The molecule has 0 aliphatic carbocycles. The van der Waals surface area contributed by atoms with Crippen molar-refractivity contribution in [1.29, 1.82) is 0 Å². The molecule has 0 saturated heterocycles. The average molecular weight is 616 g/mol.